The molecule has 0 spiro atoms. The van der Waals surface area contributed by atoms with Crippen LogP contribution in [0.15, 0.2) is 36.4 Å². The number of nitrogen functional groups attached to an aromatic ring is 1. The molecule has 0 unspecified atom stereocenters. The number of rotatable bonds is 2. The first kappa shape index (κ1) is 17.3. The standard InChI is InChI=1S/C13H10ClF3N2O.ClH/c14-8-2-4-12(20)11(6-8)19-10-3-1-7(5-9(10)18)13(15,16)17;/h1-6,19-20H,18H2;1H. The first-order valence-electron chi connectivity index (χ1n) is 5.49. The highest BCUT2D eigenvalue weighted by atomic mass is 35.5. The van der Waals surface area contributed by atoms with Crippen LogP contribution >= 0.6 is 24.0 Å². The summed E-state index contributed by atoms with van der Waals surface area (Å²) in [6, 6.07) is 7.21. The first-order chi connectivity index (χ1) is 9.27. The van der Waals surface area contributed by atoms with E-state index in [2.05, 4.69) is 5.32 Å². The molecule has 2 rings (SSSR count). The Balaban J connectivity index is 0.00000220. The Hall–Kier alpha value is -1.79. The topological polar surface area (TPSA) is 58.3 Å². The van der Waals surface area contributed by atoms with Crippen molar-refractivity contribution in [1.82, 2.24) is 0 Å². The molecule has 8 heteroatoms. The molecule has 0 aliphatic carbocycles. The van der Waals surface area contributed by atoms with Crippen molar-refractivity contribution in [2.45, 2.75) is 6.18 Å². The second kappa shape index (κ2) is 6.32. The van der Waals surface area contributed by atoms with Crippen molar-refractivity contribution < 1.29 is 18.3 Å². The Morgan fingerprint density at radius 1 is 1.05 bits per heavy atom. The van der Waals surface area contributed by atoms with Gasteiger partial charge in [0.25, 0.3) is 0 Å². The van der Waals surface area contributed by atoms with Crippen molar-refractivity contribution in [2.75, 3.05) is 11.1 Å². The lowest BCUT2D eigenvalue weighted by Gasteiger charge is -2.13. The summed E-state index contributed by atoms with van der Waals surface area (Å²) in [6.45, 7) is 0. The van der Waals surface area contributed by atoms with Gasteiger partial charge in [0, 0.05) is 5.02 Å². The number of hydrogen-bond acceptors (Lipinski definition) is 3. The van der Waals surface area contributed by atoms with E-state index in [1.54, 1.807) is 0 Å². The van der Waals surface area contributed by atoms with Gasteiger partial charge in [-0.1, -0.05) is 11.6 Å². The van der Waals surface area contributed by atoms with Crippen molar-refractivity contribution in [3.05, 3.63) is 47.0 Å². The third-order valence-electron chi connectivity index (χ3n) is 2.61. The quantitative estimate of drug-likeness (QED) is 0.543. The molecule has 0 aliphatic heterocycles. The lowest BCUT2D eigenvalue weighted by atomic mass is 10.1. The number of benzene rings is 2. The van der Waals surface area contributed by atoms with Crippen LogP contribution in [0.4, 0.5) is 30.2 Å². The van der Waals surface area contributed by atoms with Gasteiger partial charge < -0.3 is 16.2 Å². The smallest absolute Gasteiger partial charge is 0.416 e. The van der Waals surface area contributed by atoms with E-state index in [0.29, 0.717) is 5.02 Å². The minimum atomic E-state index is -4.45. The van der Waals surface area contributed by atoms with E-state index in [0.717, 1.165) is 12.1 Å². The molecule has 0 bridgehead atoms. The van der Waals surface area contributed by atoms with Gasteiger partial charge >= 0.3 is 6.18 Å². The summed E-state index contributed by atoms with van der Waals surface area (Å²) in [4.78, 5) is 0. The SMILES string of the molecule is Cl.Nc1cc(C(F)(F)F)ccc1Nc1cc(Cl)ccc1O. The van der Waals surface area contributed by atoms with Gasteiger partial charge in [0.05, 0.1) is 22.6 Å². The molecule has 0 saturated heterocycles. The molecule has 0 fully saturated rings. The van der Waals surface area contributed by atoms with Crippen LogP contribution in [0, 0.1) is 0 Å². The molecule has 2 aromatic rings. The summed E-state index contributed by atoms with van der Waals surface area (Å²) < 4.78 is 37.5. The Kier molecular flexibility index (Phi) is 5.20. The number of alkyl halides is 3. The molecular weight excluding hydrogens is 328 g/mol. The molecule has 4 N–H and O–H groups in total. The summed E-state index contributed by atoms with van der Waals surface area (Å²) in [5, 5.41) is 12.7. The molecular formula is C13H11Cl2F3N2O. The molecule has 0 atom stereocenters. The van der Waals surface area contributed by atoms with Gasteiger partial charge in [-0.25, -0.2) is 0 Å². The first-order valence-corrected chi connectivity index (χ1v) is 5.87. The fourth-order valence-electron chi connectivity index (χ4n) is 1.61. The van der Waals surface area contributed by atoms with Crippen molar-refractivity contribution in [3.8, 4) is 5.75 Å². The van der Waals surface area contributed by atoms with Gasteiger partial charge in [-0.05, 0) is 36.4 Å². The molecule has 0 aromatic heterocycles. The van der Waals surface area contributed by atoms with Crippen LogP contribution in [0.1, 0.15) is 5.56 Å². The summed E-state index contributed by atoms with van der Waals surface area (Å²) in [5.41, 5.74) is 5.16. The monoisotopic (exact) mass is 338 g/mol. The molecule has 3 nitrogen and oxygen atoms in total. The molecule has 0 heterocycles. The number of anilines is 3. The second-order valence-corrected chi connectivity index (χ2v) is 4.52. The van der Waals surface area contributed by atoms with Crippen LogP contribution in [-0.2, 0) is 6.18 Å². The minimum Gasteiger partial charge on any atom is -0.506 e. The fraction of sp³-hybridized carbons (Fsp3) is 0.0769. The van der Waals surface area contributed by atoms with Crippen molar-refractivity contribution in [3.63, 3.8) is 0 Å². The van der Waals surface area contributed by atoms with Crippen LogP contribution in [0.5, 0.6) is 5.75 Å². The van der Waals surface area contributed by atoms with E-state index < -0.39 is 11.7 Å². The predicted octanol–water partition coefficient (Wildman–Crippen LogP) is 4.81. The number of hydrogen-bond donors (Lipinski definition) is 3. The zero-order chi connectivity index (χ0) is 14.9. The second-order valence-electron chi connectivity index (χ2n) is 4.09. The normalized spacial score (nSPS) is 10.9. The number of nitrogens with two attached hydrogens (primary N) is 1. The summed E-state index contributed by atoms with van der Waals surface area (Å²) in [7, 11) is 0. The van der Waals surface area contributed by atoms with Crippen LogP contribution in [0.25, 0.3) is 0 Å². The molecule has 114 valence electrons. The molecule has 0 radical (unpaired) electrons. The third kappa shape index (κ3) is 4.09. The Morgan fingerprint density at radius 2 is 1.71 bits per heavy atom. The highest BCUT2D eigenvalue weighted by Crippen LogP contribution is 2.35. The van der Waals surface area contributed by atoms with E-state index in [-0.39, 0.29) is 35.2 Å². The molecule has 21 heavy (non-hydrogen) atoms. The van der Waals surface area contributed by atoms with Gasteiger partial charge in [0.1, 0.15) is 5.75 Å². The van der Waals surface area contributed by atoms with Crippen LogP contribution < -0.4 is 11.1 Å². The van der Waals surface area contributed by atoms with Crippen LogP contribution in [-0.4, -0.2) is 5.11 Å². The Labute approximate surface area is 129 Å². The lowest BCUT2D eigenvalue weighted by Crippen LogP contribution is -2.06. The van der Waals surface area contributed by atoms with E-state index in [1.807, 2.05) is 0 Å². The van der Waals surface area contributed by atoms with Crippen molar-refractivity contribution in [1.29, 1.82) is 0 Å². The Morgan fingerprint density at radius 3 is 2.29 bits per heavy atom. The summed E-state index contributed by atoms with van der Waals surface area (Å²) >= 11 is 5.78. The highest BCUT2D eigenvalue weighted by molar-refractivity contribution is 6.31. The van der Waals surface area contributed by atoms with E-state index in [1.165, 1.54) is 24.3 Å². The average molecular weight is 339 g/mol. The van der Waals surface area contributed by atoms with E-state index in [4.69, 9.17) is 17.3 Å². The largest absolute Gasteiger partial charge is 0.506 e. The van der Waals surface area contributed by atoms with Gasteiger partial charge in [-0.2, -0.15) is 13.2 Å². The van der Waals surface area contributed by atoms with Gasteiger partial charge in [0.2, 0.25) is 0 Å². The summed E-state index contributed by atoms with van der Waals surface area (Å²) in [6.07, 6.45) is -4.45. The van der Waals surface area contributed by atoms with Crippen LogP contribution in [0.2, 0.25) is 5.02 Å². The number of phenols is 1. The molecule has 2 aromatic carbocycles. The van der Waals surface area contributed by atoms with Gasteiger partial charge in [0.15, 0.2) is 0 Å². The highest BCUT2D eigenvalue weighted by Gasteiger charge is 2.30. The number of halogens is 5. The number of nitrogens with one attached hydrogen (secondary N) is 1. The zero-order valence-electron chi connectivity index (χ0n) is 10.4. The maximum Gasteiger partial charge on any atom is 0.416 e. The molecule has 0 aliphatic rings. The number of aromatic hydroxyl groups is 1. The van der Waals surface area contributed by atoms with Gasteiger partial charge in [-0.15, -0.1) is 12.4 Å². The maximum absolute atomic E-state index is 12.5. The molecule has 0 saturated carbocycles. The van der Waals surface area contributed by atoms with Crippen LogP contribution in [0.3, 0.4) is 0 Å². The maximum atomic E-state index is 12.5. The molecule has 0 amide bonds. The van der Waals surface area contributed by atoms with Crippen molar-refractivity contribution in [2.24, 2.45) is 0 Å². The predicted molar refractivity (Wildman–Crippen MR) is 79.5 cm³/mol. The minimum absolute atomic E-state index is 0. The third-order valence-corrected chi connectivity index (χ3v) is 2.84. The van der Waals surface area contributed by atoms with E-state index in [9.17, 15) is 18.3 Å². The van der Waals surface area contributed by atoms with E-state index >= 15 is 0 Å². The van der Waals surface area contributed by atoms with Crippen molar-refractivity contribution >= 4 is 41.1 Å². The fourth-order valence-corrected chi connectivity index (χ4v) is 1.78. The summed E-state index contributed by atoms with van der Waals surface area (Å²) in [5.74, 6) is -0.0892. The van der Waals surface area contributed by atoms with Gasteiger partial charge in [-0.3, -0.25) is 0 Å². The Bertz CT molecular complexity index is 648. The zero-order valence-corrected chi connectivity index (χ0v) is 12.0. The lowest BCUT2D eigenvalue weighted by molar-refractivity contribution is -0.137. The number of phenolic OH excluding ortho intramolecular Hbond substituents is 1. The average Bonchev–Trinajstić information content (AvgIpc) is 2.35.